The average molecular weight is 342 g/mol. The van der Waals surface area contributed by atoms with Crippen molar-refractivity contribution in [3.63, 3.8) is 0 Å². The van der Waals surface area contributed by atoms with Crippen LogP contribution < -0.4 is 5.32 Å². The third-order valence-corrected chi connectivity index (χ3v) is 5.74. The highest BCUT2D eigenvalue weighted by molar-refractivity contribution is 9.10. The fraction of sp³-hybridized carbons (Fsp3) is 0.600. The van der Waals surface area contributed by atoms with Gasteiger partial charge in [-0.15, -0.1) is 11.8 Å². The molecule has 1 aromatic carbocycles. The molecule has 2 N–H and O–H groups in total. The van der Waals surface area contributed by atoms with Crippen LogP contribution in [0.5, 0.6) is 0 Å². The number of aliphatic hydroxyl groups is 1. The number of nitrogens with one attached hydrogen (secondary N) is 1. The fourth-order valence-electron chi connectivity index (χ4n) is 2.54. The summed E-state index contributed by atoms with van der Waals surface area (Å²) in [5, 5.41) is 13.6. The van der Waals surface area contributed by atoms with E-state index >= 15 is 0 Å². The maximum atomic E-state index is 9.91. The van der Waals surface area contributed by atoms with Gasteiger partial charge in [0.25, 0.3) is 0 Å². The molecule has 0 heterocycles. The van der Waals surface area contributed by atoms with Gasteiger partial charge >= 0.3 is 0 Å². The summed E-state index contributed by atoms with van der Waals surface area (Å²) in [6, 6.07) is 9.06. The van der Waals surface area contributed by atoms with Crippen LogP contribution in [0.1, 0.15) is 25.7 Å². The third-order valence-electron chi connectivity index (χ3n) is 4.00. The van der Waals surface area contributed by atoms with Crippen LogP contribution in [0.2, 0.25) is 0 Å². The molecule has 19 heavy (non-hydrogen) atoms. The lowest BCUT2D eigenvalue weighted by Gasteiger charge is -2.33. The smallest absolute Gasteiger partial charge is 0.0624 e. The van der Waals surface area contributed by atoms with E-state index in [4.69, 9.17) is 0 Å². The molecule has 2 saturated carbocycles. The van der Waals surface area contributed by atoms with Gasteiger partial charge in [0.05, 0.1) is 12.1 Å². The van der Waals surface area contributed by atoms with Crippen molar-refractivity contribution in [2.24, 2.45) is 5.92 Å². The highest BCUT2D eigenvalue weighted by Gasteiger charge is 2.47. The summed E-state index contributed by atoms with van der Waals surface area (Å²) in [5.41, 5.74) is -0.0614. The molecule has 2 nitrogen and oxygen atoms in total. The molecule has 3 rings (SSSR count). The van der Waals surface area contributed by atoms with E-state index in [0.29, 0.717) is 12.0 Å². The van der Waals surface area contributed by atoms with Crippen molar-refractivity contribution in [3.8, 4) is 0 Å². The number of hydrogen-bond acceptors (Lipinski definition) is 3. The quantitative estimate of drug-likeness (QED) is 0.745. The predicted octanol–water partition coefficient (Wildman–Crippen LogP) is 3.43. The molecule has 2 aliphatic rings. The second-order valence-electron chi connectivity index (χ2n) is 5.75. The minimum atomic E-state index is -0.0614. The summed E-state index contributed by atoms with van der Waals surface area (Å²) in [6.07, 6.45) is 5.07. The molecule has 1 atom stereocenters. The molecular weight excluding hydrogens is 322 g/mol. The lowest BCUT2D eigenvalue weighted by atomic mass is 9.96. The molecule has 0 spiro atoms. The van der Waals surface area contributed by atoms with Gasteiger partial charge in [0, 0.05) is 21.2 Å². The molecule has 1 aromatic rings. The highest BCUT2D eigenvalue weighted by Crippen LogP contribution is 2.44. The Morgan fingerprint density at radius 3 is 2.68 bits per heavy atom. The van der Waals surface area contributed by atoms with Crippen LogP contribution in [0.15, 0.2) is 33.6 Å². The SMILES string of the molecule is OCC(CSc1cccc(Br)c1)(NC1CC1)C1CC1. The van der Waals surface area contributed by atoms with E-state index in [1.807, 2.05) is 17.8 Å². The number of aliphatic hydroxyl groups excluding tert-OH is 1. The Bertz CT molecular complexity index is 448. The number of halogens is 1. The van der Waals surface area contributed by atoms with Gasteiger partial charge in [-0.25, -0.2) is 0 Å². The Balaban J connectivity index is 1.66. The van der Waals surface area contributed by atoms with Crippen LogP contribution in [0, 0.1) is 5.92 Å². The number of thioether (sulfide) groups is 1. The van der Waals surface area contributed by atoms with E-state index in [1.54, 1.807) is 0 Å². The zero-order valence-electron chi connectivity index (χ0n) is 10.9. The molecule has 0 bridgehead atoms. The van der Waals surface area contributed by atoms with Gasteiger partial charge < -0.3 is 10.4 Å². The van der Waals surface area contributed by atoms with Gasteiger partial charge in [-0.3, -0.25) is 0 Å². The first-order chi connectivity index (χ1) is 9.22. The summed E-state index contributed by atoms with van der Waals surface area (Å²) in [6.45, 7) is 0.259. The number of hydrogen-bond donors (Lipinski definition) is 2. The van der Waals surface area contributed by atoms with Crippen molar-refractivity contribution in [2.75, 3.05) is 12.4 Å². The summed E-state index contributed by atoms with van der Waals surface area (Å²) < 4.78 is 1.12. The van der Waals surface area contributed by atoms with E-state index < -0.39 is 0 Å². The Morgan fingerprint density at radius 1 is 1.32 bits per heavy atom. The van der Waals surface area contributed by atoms with Crippen molar-refractivity contribution in [1.29, 1.82) is 0 Å². The Kier molecular flexibility index (Phi) is 4.22. The number of rotatable bonds is 7. The van der Waals surface area contributed by atoms with Gasteiger partial charge in [-0.05, 0) is 49.8 Å². The molecule has 0 saturated heterocycles. The van der Waals surface area contributed by atoms with E-state index in [1.165, 1.54) is 30.6 Å². The van der Waals surface area contributed by atoms with Crippen molar-refractivity contribution in [3.05, 3.63) is 28.7 Å². The minimum Gasteiger partial charge on any atom is -0.394 e. The van der Waals surface area contributed by atoms with Crippen molar-refractivity contribution >= 4 is 27.7 Å². The molecule has 0 aliphatic heterocycles. The van der Waals surface area contributed by atoms with Gasteiger partial charge in [0.2, 0.25) is 0 Å². The Labute approximate surface area is 127 Å². The van der Waals surface area contributed by atoms with Crippen LogP contribution in [0.25, 0.3) is 0 Å². The summed E-state index contributed by atoms with van der Waals surface area (Å²) in [5.74, 6) is 1.62. The maximum absolute atomic E-state index is 9.91. The second kappa shape index (κ2) is 5.76. The number of benzene rings is 1. The maximum Gasteiger partial charge on any atom is 0.0624 e. The van der Waals surface area contributed by atoms with Gasteiger partial charge in [0.15, 0.2) is 0 Å². The first-order valence-corrected chi connectivity index (χ1v) is 8.77. The predicted molar refractivity (Wildman–Crippen MR) is 83.6 cm³/mol. The third kappa shape index (κ3) is 3.54. The van der Waals surface area contributed by atoms with Crippen LogP contribution in [0.3, 0.4) is 0 Å². The van der Waals surface area contributed by atoms with E-state index in [2.05, 4.69) is 39.4 Å². The van der Waals surface area contributed by atoms with Crippen molar-refractivity contribution in [1.82, 2.24) is 5.32 Å². The van der Waals surface area contributed by atoms with E-state index in [9.17, 15) is 5.11 Å². The average Bonchev–Trinajstić information content (AvgIpc) is 3.27. The van der Waals surface area contributed by atoms with Crippen LogP contribution in [0.4, 0.5) is 0 Å². The van der Waals surface area contributed by atoms with Crippen LogP contribution in [-0.2, 0) is 0 Å². The first-order valence-electron chi connectivity index (χ1n) is 6.99. The standard InChI is InChI=1S/C15H20BrNOS/c16-12-2-1-3-14(8-12)19-10-15(9-18,11-4-5-11)17-13-6-7-13/h1-3,8,11,13,17-18H,4-7,9-10H2. The van der Waals surface area contributed by atoms with Crippen molar-refractivity contribution in [2.45, 2.75) is 42.2 Å². The topological polar surface area (TPSA) is 32.3 Å². The van der Waals surface area contributed by atoms with E-state index in [-0.39, 0.29) is 12.1 Å². The van der Waals surface area contributed by atoms with Gasteiger partial charge in [0.1, 0.15) is 0 Å². The largest absolute Gasteiger partial charge is 0.394 e. The molecule has 1 unspecified atom stereocenters. The molecular formula is C15H20BrNOS. The molecule has 0 amide bonds. The lowest BCUT2D eigenvalue weighted by molar-refractivity contribution is 0.157. The highest BCUT2D eigenvalue weighted by atomic mass is 79.9. The van der Waals surface area contributed by atoms with Gasteiger partial charge in [-0.2, -0.15) is 0 Å². The van der Waals surface area contributed by atoms with Crippen molar-refractivity contribution < 1.29 is 5.11 Å². The molecule has 0 radical (unpaired) electrons. The fourth-order valence-corrected chi connectivity index (χ4v) is 4.31. The zero-order valence-corrected chi connectivity index (χ0v) is 13.3. The van der Waals surface area contributed by atoms with Crippen LogP contribution >= 0.6 is 27.7 Å². The Morgan fingerprint density at radius 2 is 2.11 bits per heavy atom. The van der Waals surface area contributed by atoms with Gasteiger partial charge in [-0.1, -0.05) is 22.0 Å². The summed E-state index contributed by atoms with van der Waals surface area (Å²) in [7, 11) is 0. The summed E-state index contributed by atoms with van der Waals surface area (Å²) in [4.78, 5) is 1.27. The monoisotopic (exact) mass is 341 g/mol. The second-order valence-corrected chi connectivity index (χ2v) is 7.72. The zero-order chi connectivity index (χ0) is 13.3. The normalized spacial score (nSPS) is 22.2. The Hall–Kier alpha value is -0.0300. The molecule has 2 fully saturated rings. The first kappa shape index (κ1) is 13.9. The minimum absolute atomic E-state index is 0.0614. The van der Waals surface area contributed by atoms with Crippen LogP contribution in [-0.4, -0.2) is 29.0 Å². The molecule has 104 valence electrons. The van der Waals surface area contributed by atoms with E-state index in [0.717, 1.165) is 10.2 Å². The molecule has 4 heteroatoms. The molecule has 0 aromatic heterocycles. The lowest BCUT2D eigenvalue weighted by Crippen LogP contribution is -2.53. The molecule has 2 aliphatic carbocycles. The summed E-state index contributed by atoms with van der Waals surface area (Å²) >= 11 is 5.36.